The van der Waals surface area contributed by atoms with Crippen molar-refractivity contribution in [3.05, 3.63) is 71.3 Å². The molecule has 8 nitrogen and oxygen atoms in total. The molecule has 4 rings (SSSR count). The van der Waals surface area contributed by atoms with Crippen LogP contribution in [0.2, 0.25) is 0 Å². The third kappa shape index (κ3) is 2.45. The van der Waals surface area contributed by atoms with Crippen LogP contribution >= 0.6 is 0 Å². The van der Waals surface area contributed by atoms with Gasteiger partial charge in [0, 0.05) is 30.2 Å². The van der Waals surface area contributed by atoms with Crippen molar-refractivity contribution < 1.29 is 8.42 Å². The van der Waals surface area contributed by atoms with Crippen molar-refractivity contribution in [1.82, 2.24) is 18.9 Å². The summed E-state index contributed by atoms with van der Waals surface area (Å²) in [5, 5.41) is 0.213. The van der Waals surface area contributed by atoms with Gasteiger partial charge >= 0.3 is 0 Å². The van der Waals surface area contributed by atoms with E-state index in [0.717, 1.165) is 3.97 Å². The number of benzene rings is 1. The van der Waals surface area contributed by atoms with Gasteiger partial charge in [0.1, 0.15) is 5.65 Å². The molecule has 3 heterocycles. The van der Waals surface area contributed by atoms with Gasteiger partial charge in [-0.05, 0) is 18.2 Å². The summed E-state index contributed by atoms with van der Waals surface area (Å²) in [4.78, 5) is 23.3. The summed E-state index contributed by atoms with van der Waals surface area (Å²) in [7, 11) is -3.91. The van der Waals surface area contributed by atoms with Crippen LogP contribution in [0.5, 0.6) is 0 Å². The van der Waals surface area contributed by atoms with E-state index in [1.807, 2.05) is 0 Å². The number of H-pyrrole nitrogens is 1. The highest BCUT2D eigenvalue weighted by Crippen LogP contribution is 2.29. The van der Waals surface area contributed by atoms with Crippen molar-refractivity contribution in [3.8, 4) is 11.3 Å². The van der Waals surface area contributed by atoms with Crippen LogP contribution in [-0.4, -0.2) is 27.3 Å². The molecule has 1 aromatic carbocycles. The second kappa shape index (κ2) is 5.81. The molecule has 9 heteroatoms. The number of pyridine rings is 1. The number of nitrogens with zero attached hydrogens (tertiary/aromatic N) is 3. The van der Waals surface area contributed by atoms with Gasteiger partial charge in [-0.15, -0.1) is 0 Å². The number of aromatic nitrogens is 4. The Labute approximate surface area is 148 Å². The van der Waals surface area contributed by atoms with Crippen LogP contribution in [0.1, 0.15) is 0 Å². The van der Waals surface area contributed by atoms with Crippen LogP contribution in [0.3, 0.4) is 0 Å². The zero-order valence-corrected chi connectivity index (χ0v) is 14.1. The zero-order valence-electron chi connectivity index (χ0n) is 13.3. The Bertz CT molecular complexity index is 1280. The van der Waals surface area contributed by atoms with Crippen molar-refractivity contribution in [2.75, 3.05) is 5.73 Å². The first-order valence-corrected chi connectivity index (χ1v) is 9.05. The number of nitrogens with one attached hydrogen (secondary N) is 1. The van der Waals surface area contributed by atoms with E-state index in [4.69, 9.17) is 5.73 Å². The fraction of sp³-hybridized carbons (Fsp3) is 0. The van der Waals surface area contributed by atoms with Crippen LogP contribution in [0.15, 0.2) is 70.7 Å². The molecule has 0 amide bonds. The maximum Gasteiger partial charge on any atom is 0.269 e. The second-order valence-corrected chi connectivity index (χ2v) is 7.34. The number of hydrogen-bond donors (Lipinski definition) is 2. The standard InChI is InChI=1S/C17H13N5O3S/c18-17-20-8-6-13(21-17)12-10-22(16-15(12)14(23)7-9-19-16)26(24,25)11-4-2-1-3-5-11/h1-10H,(H,19,23)(H2,18,20,21). The molecule has 0 aliphatic rings. The predicted molar refractivity (Wildman–Crippen MR) is 97.0 cm³/mol. The van der Waals surface area contributed by atoms with Gasteiger partial charge in [-0.25, -0.2) is 22.4 Å². The molecule has 0 aliphatic heterocycles. The van der Waals surface area contributed by atoms with Gasteiger partial charge < -0.3 is 10.7 Å². The molecule has 0 saturated carbocycles. The van der Waals surface area contributed by atoms with E-state index >= 15 is 0 Å². The van der Waals surface area contributed by atoms with Crippen molar-refractivity contribution >= 4 is 27.0 Å². The molecule has 4 aromatic rings. The smallest absolute Gasteiger partial charge is 0.269 e. The Morgan fingerprint density at radius 1 is 1.08 bits per heavy atom. The molecular formula is C17H13N5O3S. The molecule has 3 aromatic heterocycles. The molecule has 0 atom stereocenters. The summed E-state index contributed by atoms with van der Waals surface area (Å²) in [6, 6.07) is 10.9. The third-order valence-corrected chi connectivity index (χ3v) is 5.60. The second-order valence-electron chi connectivity index (χ2n) is 5.52. The zero-order chi connectivity index (χ0) is 18.3. The highest BCUT2D eigenvalue weighted by Gasteiger charge is 2.23. The summed E-state index contributed by atoms with van der Waals surface area (Å²) in [6.07, 6.45) is 4.22. The first-order valence-electron chi connectivity index (χ1n) is 7.61. The van der Waals surface area contributed by atoms with Crippen LogP contribution in [0.25, 0.3) is 22.3 Å². The lowest BCUT2D eigenvalue weighted by Gasteiger charge is -2.06. The summed E-state index contributed by atoms with van der Waals surface area (Å²) in [6.45, 7) is 0. The number of anilines is 1. The molecular weight excluding hydrogens is 354 g/mol. The van der Waals surface area contributed by atoms with E-state index in [-0.39, 0.29) is 27.3 Å². The minimum atomic E-state index is -3.91. The molecule has 0 saturated heterocycles. The van der Waals surface area contributed by atoms with Crippen molar-refractivity contribution in [2.24, 2.45) is 0 Å². The van der Waals surface area contributed by atoms with E-state index in [1.54, 1.807) is 24.3 Å². The summed E-state index contributed by atoms with van der Waals surface area (Å²) < 4.78 is 27.2. The van der Waals surface area contributed by atoms with Gasteiger partial charge in [0.15, 0.2) is 5.43 Å². The van der Waals surface area contributed by atoms with E-state index in [2.05, 4.69) is 15.0 Å². The molecule has 0 unspecified atom stereocenters. The normalized spacial score (nSPS) is 11.7. The summed E-state index contributed by atoms with van der Waals surface area (Å²) >= 11 is 0. The van der Waals surface area contributed by atoms with Crippen molar-refractivity contribution in [1.29, 1.82) is 0 Å². The van der Waals surface area contributed by atoms with E-state index in [0.29, 0.717) is 11.3 Å². The summed E-state index contributed by atoms with van der Waals surface area (Å²) in [5.41, 5.74) is 6.18. The van der Waals surface area contributed by atoms with Crippen LogP contribution < -0.4 is 11.2 Å². The number of nitrogen functional groups attached to an aromatic ring is 1. The first kappa shape index (κ1) is 16.0. The molecule has 0 radical (unpaired) electrons. The largest absolute Gasteiger partial charge is 0.368 e. The van der Waals surface area contributed by atoms with Gasteiger partial charge in [0.05, 0.1) is 16.0 Å². The predicted octanol–water partition coefficient (Wildman–Crippen LogP) is 1.61. The Morgan fingerprint density at radius 2 is 1.85 bits per heavy atom. The minimum absolute atomic E-state index is 0.0293. The Balaban J connectivity index is 2.07. The fourth-order valence-corrected chi connectivity index (χ4v) is 4.12. The maximum atomic E-state index is 13.1. The fourth-order valence-electron chi connectivity index (χ4n) is 2.76. The molecule has 0 fully saturated rings. The quantitative estimate of drug-likeness (QED) is 0.567. The van der Waals surface area contributed by atoms with E-state index < -0.39 is 10.0 Å². The van der Waals surface area contributed by atoms with Crippen LogP contribution in [0.4, 0.5) is 5.95 Å². The Hall–Kier alpha value is -3.46. The minimum Gasteiger partial charge on any atom is -0.368 e. The van der Waals surface area contributed by atoms with Crippen LogP contribution in [-0.2, 0) is 10.0 Å². The molecule has 3 N–H and O–H groups in total. The lowest BCUT2D eigenvalue weighted by Crippen LogP contribution is -2.13. The van der Waals surface area contributed by atoms with Crippen molar-refractivity contribution in [3.63, 3.8) is 0 Å². The van der Waals surface area contributed by atoms with Gasteiger partial charge in [-0.3, -0.25) is 4.79 Å². The Morgan fingerprint density at radius 3 is 2.58 bits per heavy atom. The van der Waals surface area contributed by atoms with Gasteiger partial charge in [-0.2, -0.15) is 0 Å². The monoisotopic (exact) mass is 367 g/mol. The van der Waals surface area contributed by atoms with E-state index in [1.165, 1.54) is 36.8 Å². The molecule has 0 aliphatic carbocycles. The number of rotatable bonds is 3. The molecule has 0 spiro atoms. The number of nitrogens with two attached hydrogens (primary N) is 1. The highest BCUT2D eigenvalue weighted by molar-refractivity contribution is 7.90. The SMILES string of the molecule is Nc1nccc(-c2cn(S(=O)(=O)c3ccccc3)c3[nH]ccc(=O)c23)n1. The average Bonchev–Trinajstić information content (AvgIpc) is 3.04. The number of hydrogen-bond acceptors (Lipinski definition) is 6. The maximum absolute atomic E-state index is 13.1. The molecule has 26 heavy (non-hydrogen) atoms. The van der Waals surface area contributed by atoms with Gasteiger partial charge in [-0.1, -0.05) is 18.2 Å². The van der Waals surface area contributed by atoms with Crippen molar-refractivity contribution in [2.45, 2.75) is 4.90 Å². The topological polar surface area (TPSA) is 124 Å². The number of fused-ring (bicyclic) bond motifs is 1. The highest BCUT2D eigenvalue weighted by atomic mass is 32.2. The first-order chi connectivity index (χ1) is 12.5. The van der Waals surface area contributed by atoms with Gasteiger partial charge in [0.2, 0.25) is 5.95 Å². The van der Waals surface area contributed by atoms with Crippen LogP contribution in [0, 0.1) is 0 Å². The van der Waals surface area contributed by atoms with E-state index in [9.17, 15) is 13.2 Å². The molecule has 130 valence electrons. The number of aromatic amines is 1. The molecule has 0 bridgehead atoms. The third-order valence-electron chi connectivity index (χ3n) is 3.92. The Kier molecular flexibility index (Phi) is 3.58. The summed E-state index contributed by atoms with van der Waals surface area (Å²) in [5.74, 6) is 0.0293. The lowest BCUT2D eigenvalue weighted by atomic mass is 10.1. The van der Waals surface area contributed by atoms with Gasteiger partial charge in [0.25, 0.3) is 10.0 Å². The lowest BCUT2D eigenvalue weighted by molar-refractivity contribution is 0.589. The average molecular weight is 367 g/mol.